The molecular weight excluding hydrogens is 248 g/mol. The number of likely N-dealkylation sites (N-methyl/N-ethyl adjacent to an activating group) is 1. The summed E-state index contributed by atoms with van der Waals surface area (Å²) in [5.74, 6) is 0.678. The minimum absolute atomic E-state index is 0.678. The van der Waals surface area contributed by atoms with Gasteiger partial charge in [0, 0.05) is 32.7 Å². The minimum atomic E-state index is 0.678. The van der Waals surface area contributed by atoms with E-state index < -0.39 is 0 Å². The molecule has 0 fully saturated rings. The highest BCUT2D eigenvalue weighted by molar-refractivity contribution is 5.11. The van der Waals surface area contributed by atoms with Crippen LogP contribution in [0.3, 0.4) is 0 Å². The van der Waals surface area contributed by atoms with E-state index in [2.05, 4.69) is 61.3 Å². The third kappa shape index (κ3) is 6.98. The van der Waals surface area contributed by atoms with Crippen molar-refractivity contribution in [1.82, 2.24) is 20.1 Å². The Bertz CT molecular complexity index is 376. The van der Waals surface area contributed by atoms with Crippen molar-refractivity contribution in [3.8, 4) is 0 Å². The van der Waals surface area contributed by atoms with Gasteiger partial charge in [0.1, 0.15) is 0 Å². The van der Waals surface area contributed by atoms with Gasteiger partial charge >= 0.3 is 0 Å². The van der Waals surface area contributed by atoms with E-state index in [1.807, 2.05) is 7.05 Å². The van der Waals surface area contributed by atoms with Crippen LogP contribution < -0.4 is 5.32 Å². The molecule has 1 rings (SSSR count). The molecule has 0 saturated carbocycles. The summed E-state index contributed by atoms with van der Waals surface area (Å²) >= 11 is 0. The number of rotatable bonds is 9. The van der Waals surface area contributed by atoms with Crippen LogP contribution in [-0.2, 0) is 13.1 Å². The first-order valence-electron chi connectivity index (χ1n) is 7.47. The maximum absolute atomic E-state index is 4.72. The van der Waals surface area contributed by atoms with Crippen molar-refractivity contribution in [2.45, 2.75) is 26.9 Å². The van der Waals surface area contributed by atoms with Gasteiger partial charge in [-0.15, -0.1) is 0 Å². The standard InChI is InChI=1S/C16H30N4/c1-14(2)12-20(10-9-19(4)5)13-16-8-6-7-15(18-16)11-17-3/h6-8,14,17H,9-13H2,1-5H3. The van der Waals surface area contributed by atoms with Gasteiger partial charge in [-0.1, -0.05) is 19.9 Å². The molecule has 1 heterocycles. The van der Waals surface area contributed by atoms with Crippen molar-refractivity contribution < 1.29 is 0 Å². The van der Waals surface area contributed by atoms with Crippen LogP contribution in [0.25, 0.3) is 0 Å². The molecule has 0 unspecified atom stereocenters. The lowest BCUT2D eigenvalue weighted by Crippen LogP contribution is -2.34. The average Bonchev–Trinajstić information content (AvgIpc) is 2.36. The zero-order chi connectivity index (χ0) is 15.0. The van der Waals surface area contributed by atoms with E-state index in [9.17, 15) is 0 Å². The topological polar surface area (TPSA) is 31.4 Å². The second-order valence-electron chi connectivity index (χ2n) is 6.08. The van der Waals surface area contributed by atoms with E-state index in [1.54, 1.807) is 0 Å². The number of hydrogen-bond acceptors (Lipinski definition) is 4. The molecule has 1 N–H and O–H groups in total. The lowest BCUT2D eigenvalue weighted by molar-refractivity contribution is 0.209. The summed E-state index contributed by atoms with van der Waals surface area (Å²) in [7, 11) is 6.20. The molecule has 1 aromatic rings. The Morgan fingerprint density at radius 1 is 1.15 bits per heavy atom. The number of nitrogens with one attached hydrogen (secondary N) is 1. The average molecular weight is 278 g/mol. The van der Waals surface area contributed by atoms with Crippen molar-refractivity contribution in [3.63, 3.8) is 0 Å². The molecule has 0 atom stereocenters. The van der Waals surface area contributed by atoms with Crippen molar-refractivity contribution >= 4 is 0 Å². The molecule has 20 heavy (non-hydrogen) atoms. The molecule has 0 radical (unpaired) electrons. The van der Waals surface area contributed by atoms with Gasteiger partial charge in [0.05, 0.1) is 11.4 Å². The molecule has 0 bridgehead atoms. The highest BCUT2D eigenvalue weighted by atomic mass is 15.2. The molecule has 0 aliphatic heterocycles. The van der Waals surface area contributed by atoms with E-state index >= 15 is 0 Å². The zero-order valence-corrected chi connectivity index (χ0v) is 13.7. The first-order chi connectivity index (χ1) is 9.51. The fourth-order valence-electron chi connectivity index (χ4n) is 2.22. The quantitative estimate of drug-likeness (QED) is 0.746. The van der Waals surface area contributed by atoms with Gasteiger partial charge in [0.15, 0.2) is 0 Å². The zero-order valence-electron chi connectivity index (χ0n) is 13.7. The van der Waals surface area contributed by atoms with Crippen molar-refractivity contribution in [2.75, 3.05) is 40.8 Å². The normalized spacial score (nSPS) is 11.8. The maximum Gasteiger partial charge on any atom is 0.0547 e. The Hall–Kier alpha value is -0.970. The predicted molar refractivity (Wildman–Crippen MR) is 85.7 cm³/mol. The minimum Gasteiger partial charge on any atom is -0.314 e. The lowest BCUT2D eigenvalue weighted by Gasteiger charge is -2.25. The van der Waals surface area contributed by atoms with E-state index in [1.165, 1.54) is 0 Å². The first-order valence-corrected chi connectivity index (χ1v) is 7.47. The summed E-state index contributed by atoms with van der Waals surface area (Å²) in [6.45, 7) is 9.60. The van der Waals surface area contributed by atoms with Crippen LogP contribution in [0.2, 0.25) is 0 Å². The maximum atomic E-state index is 4.72. The van der Waals surface area contributed by atoms with E-state index in [0.29, 0.717) is 5.92 Å². The molecule has 4 nitrogen and oxygen atoms in total. The van der Waals surface area contributed by atoms with Gasteiger partial charge in [-0.05, 0) is 39.2 Å². The van der Waals surface area contributed by atoms with Gasteiger partial charge in [0.25, 0.3) is 0 Å². The SMILES string of the molecule is CNCc1cccc(CN(CCN(C)C)CC(C)C)n1. The molecule has 4 heteroatoms. The summed E-state index contributed by atoms with van der Waals surface area (Å²) in [5, 5.41) is 3.15. The third-order valence-electron chi connectivity index (χ3n) is 3.09. The summed E-state index contributed by atoms with van der Waals surface area (Å²) in [4.78, 5) is 9.45. The number of aromatic nitrogens is 1. The molecule has 114 valence electrons. The Balaban J connectivity index is 2.64. The van der Waals surface area contributed by atoms with Crippen LogP contribution >= 0.6 is 0 Å². The Morgan fingerprint density at radius 3 is 2.45 bits per heavy atom. The van der Waals surface area contributed by atoms with Crippen LogP contribution in [0.15, 0.2) is 18.2 Å². The fourth-order valence-corrected chi connectivity index (χ4v) is 2.22. The van der Waals surface area contributed by atoms with Crippen LogP contribution in [0.1, 0.15) is 25.2 Å². The third-order valence-corrected chi connectivity index (χ3v) is 3.09. The summed E-state index contributed by atoms with van der Waals surface area (Å²) in [5.41, 5.74) is 2.28. The monoisotopic (exact) mass is 278 g/mol. The molecule has 0 spiro atoms. The van der Waals surface area contributed by atoms with Crippen LogP contribution in [0.4, 0.5) is 0 Å². The number of hydrogen-bond donors (Lipinski definition) is 1. The molecular formula is C16H30N4. The molecule has 0 saturated heterocycles. The van der Waals surface area contributed by atoms with Gasteiger partial charge in [-0.25, -0.2) is 0 Å². The number of nitrogens with zero attached hydrogens (tertiary/aromatic N) is 3. The van der Waals surface area contributed by atoms with Gasteiger partial charge in [-0.2, -0.15) is 0 Å². The van der Waals surface area contributed by atoms with Crippen molar-refractivity contribution in [3.05, 3.63) is 29.6 Å². The van der Waals surface area contributed by atoms with Crippen LogP contribution in [0, 0.1) is 5.92 Å². The van der Waals surface area contributed by atoms with Crippen LogP contribution in [-0.4, -0.2) is 55.6 Å². The second kappa shape index (κ2) is 9.06. The highest BCUT2D eigenvalue weighted by Gasteiger charge is 2.10. The van der Waals surface area contributed by atoms with Gasteiger partial charge in [-0.3, -0.25) is 9.88 Å². The predicted octanol–water partition coefficient (Wildman–Crippen LogP) is 1.82. The van der Waals surface area contributed by atoms with Crippen molar-refractivity contribution in [1.29, 1.82) is 0 Å². The fraction of sp³-hybridized carbons (Fsp3) is 0.688. The van der Waals surface area contributed by atoms with E-state index in [4.69, 9.17) is 4.98 Å². The molecule has 0 aromatic carbocycles. The van der Waals surface area contributed by atoms with Crippen LogP contribution in [0.5, 0.6) is 0 Å². The molecule has 0 amide bonds. The summed E-state index contributed by atoms with van der Waals surface area (Å²) in [6, 6.07) is 6.31. The Labute approximate surface area is 124 Å². The van der Waals surface area contributed by atoms with E-state index in [0.717, 1.165) is 44.1 Å². The van der Waals surface area contributed by atoms with E-state index in [-0.39, 0.29) is 0 Å². The summed E-state index contributed by atoms with van der Waals surface area (Å²) in [6.07, 6.45) is 0. The second-order valence-corrected chi connectivity index (χ2v) is 6.08. The summed E-state index contributed by atoms with van der Waals surface area (Å²) < 4.78 is 0. The Morgan fingerprint density at radius 2 is 1.85 bits per heavy atom. The molecule has 0 aliphatic carbocycles. The van der Waals surface area contributed by atoms with Crippen molar-refractivity contribution in [2.24, 2.45) is 5.92 Å². The highest BCUT2D eigenvalue weighted by Crippen LogP contribution is 2.07. The Kier molecular flexibility index (Phi) is 7.73. The first kappa shape index (κ1) is 17.1. The van der Waals surface area contributed by atoms with Gasteiger partial charge < -0.3 is 10.2 Å². The smallest absolute Gasteiger partial charge is 0.0547 e. The largest absolute Gasteiger partial charge is 0.314 e. The number of pyridine rings is 1. The molecule has 1 aromatic heterocycles. The molecule has 0 aliphatic rings. The van der Waals surface area contributed by atoms with Gasteiger partial charge in [0.2, 0.25) is 0 Å². The lowest BCUT2D eigenvalue weighted by atomic mass is 10.2.